The Morgan fingerprint density at radius 3 is 2.53 bits per heavy atom. The number of rotatable bonds is 3. The van der Waals surface area contributed by atoms with Crippen molar-refractivity contribution in [2.24, 2.45) is 0 Å². The largest absolute Gasteiger partial charge is 0.507 e. The number of carbonyl (C=O) groups excluding carboxylic acids is 1. The second-order valence-electron chi connectivity index (χ2n) is 5.40. The molecule has 4 nitrogen and oxygen atoms in total. The summed E-state index contributed by atoms with van der Waals surface area (Å²) in [5.74, 6) is -0.0317. The van der Waals surface area contributed by atoms with Crippen molar-refractivity contribution in [2.75, 3.05) is 32.1 Å². The average molecular weight is 262 g/mol. The number of likely N-dealkylation sites (tertiary alicyclic amines) is 1. The van der Waals surface area contributed by atoms with Crippen LogP contribution in [0.3, 0.4) is 0 Å². The third kappa shape index (κ3) is 3.07. The van der Waals surface area contributed by atoms with Gasteiger partial charge in [0.05, 0.1) is 5.56 Å². The van der Waals surface area contributed by atoms with Gasteiger partial charge in [-0.15, -0.1) is 0 Å². The van der Waals surface area contributed by atoms with Crippen molar-refractivity contribution < 1.29 is 9.90 Å². The second-order valence-corrected chi connectivity index (χ2v) is 5.40. The van der Waals surface area contributed by atoms with Gasteiger partial charge in [-0.2, -0.15) is 0 Å². The lowest BCUT2D eigenvalue weighted by Crippen LogP contribution is -2.41. The van der Waals surface area contributed by atoms with E-state index in [4.69, 9.17) is 0 Å². The summed E-state index contributed by atoms with van der Waals surface area (Å²) >= 11 is 0. The van der Waals surface area contributed by atoms with Crippen molar-refractivity contribution in [3.05, 3.63) is 23.8 Å². The van der Waals surface area contributed by atoms with Crippen molar-refractivity contribution in [3.8, 4) is 5.75 Å². The number of aromatic hydroxyl groups is 1. The molecule has 4 heteroatoms. The number of benzene rings is 1. The van der Waals surface area contributed by atoms with E-state index in [0.717, 1.165) is 31.6 Å². The number of phenolic OH excluding ortho intramolecular Hbond substituents is 1. The summed E-state index contributed by atoms with van der Waals surface area (Å²) in [5, 5.41) is 9.90. The van der Waals surface area contributed by atoms with E-state index in [2.05, 4.69) is 23.9 Å². The van der Waals surface area contributed by atoms with Gasteiger partial charge in [0.15, 0.2) is 5.78 Å². The van der Waals surface area contributed by atoms with E-state index in [1.165, 1.54) is 6.92 Å². The number of anilines is 1. The maximum absolute atomic E-state index is 11.3. The fourth-order valence-corrected chi connectivity index (χ4v) is 2.63. The lowest BCUT2D eigenvalue weighted by Gasteiger charge is -2.36. The fourth-order valence-electron chi connectivity index (χ4n) is 2.63. The zero-order valence-electron chi connectivity index (χ0n) is 11.9. The molecule has 104 valence electrons. The summed E-state index contributed by atoms with van der Waals surface area (Å²) in [6, 6.07) is 5.81. The van der Waals surface area contributed by atoms with Crippen LogP contribution in [-0.2, 0) is 0 Å². The second kappa shape index (κ2) is 5.61. The smallest absolute Gasteiger partial charge is 0.163 e. The van der Waals surface area contributed by atoms with Crippen LogP contribution in [-0.4, -0.2) is 49.0 Å². The van der Waals surface area contributed by atoms with Crippen molar-refractivity contribution in [1.29, 1.82) is 0 Å². The van der Waals surface area contributed by atoms with E-state index in [9.17, 15) is 9.90 Å². The molecule has 19 heavy (non-hydrogen) atoms. The van der Waals surface area contributed by atoms with Gasteiger partial charge in [-0.1, -0.05) is 0 Å². The van der Waals surface area contributed by atoms with Gasteiger partial charge >= 0.3 is 0 Å². The van der Waals surface area contributed by atoms with E-state index in [-0.39, 0.29) is 11.5 Å². The van der Waals surface area contributed by atoms with Gasteiger partial charge in [-0.25, -0.2) is 0 Å². The van der Waals surface area contributed by atoms with Crippen molar-refractivity contribution >= 4 is 11.5 Å². The number of nitrogens with zero attached hydrogens (tertiary/aromatic N) is 2. The molecule has 0 aromatic heterocycles. The first-order valence-electron chi connectivity index (χ1n) is 6.74. The molecule has 1 heterocycles. The normalized spacial score (nSPS) is 17.4. The van der Waals surface area contributed by atoms with Gasteiger partial charge in [0, 0.05) is 24.8 Å². The summed E-state index contributed by atoms with van der Waals surface area (Å²) in [6.07, 6.45) is 2.25. The molecule has 0 atom stereocenters. The summed E-state index contributed by atoms with van der Waals surface area (Å²) < 4.78 is 0. The Bertz CT molecular complexity index is 465. The average Bonchev–Trinajstić information content (AvgIpc) is 2.38. The highest BCUT2D eigenvalue weighted by molar-refractivity contribution is 5.97. The molecule has 1 N–H and O–H groups in total. The molecule has 2 rings (SSSR count). The minimum absolute atomic E-state index is 0.0739. The van der Waals surface area contributed by atoms with Crippen LogP contribution in [0.2, 0.25) is 0 Å². The third-order valence-corrected chi connectivity index (χ3v) is 4.00. The molecule has 1 aromatic rings. The lowest BCUT2D eigenvalue weighted by atomic mass is 10.0. The third-order valence-electron chi connectivity index (χ3n) is 4.00. The molecular weight excluding hydrogens is 240 g/mol. The van der Waals surface area contributed by atoms with Gasteiger partial charge in [0.2, 0.25) is 0 Å². The van der Waals surface area contributed by atoms with E-state index in [1.807, 2.05) is 6.07 Å². The predicted octanol–water partition coefficient (Wildman–Crippen LogP) is 2.13. The lowest BCUT2D eigenvalue weighted by molar-refractivity contribution is 0.101. The zero-order chi connectivity index (χ0) is 14.0. The molecule has 1 saturated heterocycles. The molecule has 0 saturated carbocycles. The molecule has 1 aliphatic rings. The Morgan fingerprint density at radius 1 is 1.37 bits per heavy atom. The van der Waals surface area contributed by atoms with E-state index in [0.29, 0.717) is 11.6 Å². The molecule has 0 aliphatic carbocycles. The zero-order valence-corrected chi connectivity index (χ0v) is 11.9. The van der Waals surface area contributed by atoms with E-state index < -0.39 is 0 Å². The predicted molar refractivity (Wildman–Crippen MR) is 77.0 cm³/mol. The summed E-state index contributed by atoms with van der Waals surface area (Å²) in [4.78, 5) is 15.8. The highest BCUT2D eigenvalue weighted by atomic mass is 16.3. The monoisotopic (exact) mass is 262 g/mol. The Labute approximate surface area is 114 Å². The molecule has 0 radical (unpaired) electrons. The number of hydrogen-bond acceptors (Lipinski definition) is 4. The SMILES string of the molecule is CC(=O)c1ccc(N(C)C2CCN(C)CC2)cc1O. The molecule has 1 aromatic carbocycles. The van der Waals surface area contributed by atoms with Crippen LogP contribution in [0.25, 0.3) is 0 Å². The summed E-state index contributed by atoms with van der Waals surface area (Å²) in [7, 11) is 4.20. The minimum Gasteiger partial charge on any atom is -0.507 e. The molecule has 0 spiro atoms. The molecule has 0 amide bonds. The Morgan fingerprint density at radius 2 is 2.00 bits per heavy atom. The Balaban J connectivity index is 2.13. The molecular formula is C15H22N2O2. The van der Waals surface area contributed by atoms with Gasteiger partial charge in [-0.05, 0) is 52.0 Å². The molecule has 0 bridgehead atoms. The minimum atomic E-state index is -0.106. The first-order chi connectivity index (χ1) is 8.99. The Hall–Kier alpha value is -1.55. The number of Topliss-reactive ketones (excluding diaryl/α,β-unsaturated/α-hetero) is 1. The summed E-state index contributed by atoms with van der Waals surface area (Å²) in [6.45, 7) is 3.68. The highest BCUT2D eigenvalue weighted by Crippen LogP contribution is 2.27. The fraction of sp³-hybridized carbons (Fsp3) is 0.533. The Kier molecular flexibility index (Phi) is 4.10. The van der Waals surface area contributed by atoms with Gasteiger partial charge in [0.1, 0.15) is 5.75 Å². The van der Waals surface area contributed by atoms with Crippen LogP contribution in [0.15, 0.2) is 18.2 Å². The van der Waals surface area contributed by atoms with E-state index in [1.54, 1.807) is 12.1 Å². The number of hydrogen-bond donors (Lipinski definition) is 1. The van der Waals surface area contributed by atoms with Crippen molar-refractivity contribution in [2.45, 2.75) is 25.8 Å². The molecule has 0 unspecified atom stereocenters. The van der Waals surface area contributed by atoms with Crippen molar-refractivity contribution in [3.63, 3.8) is 0 Å². The standard InChI is InChI=1S/C15H22N2O2/c1-11(18)14-5-4-13(10-15(14)19)17(3)12-6-8-16(2)9-7-12/h4-5,10,12,19H,6-9H2,1-3H3. The topological polar surface area (TPSA) is 43.8 Å². The van der Waals surface area contributed by atoms with Crippen molar-refractivity contribution in [1.82, 2.24) is 4.90 Å². The number of phenols is 1. The number of ketones is 1. The van der Waals surface area contributed by atoms with Crippen LogP contribution >= 0.6 is 0 Å². The van der Waals surface area contributed by atoms with Crippen LogP contribution in [0.5, 0.6) is 5.75 Å². The highest BCUT2D eigenvalue weighted by Gasteiger charge is 2.21. The first kappa shape index (κ1) is 13.9. The maximum atomic E-state index is 11.3. The van der Waals surface area contributed by atoms with E-state index >= 15 is 0 Å². The molecule has 1 fully saturated rings. The first-order valence-corrected chi connectivity index (χ1v) is 6.74. The van der Waals surface area contributed by atoms with Crippen LogP contribution in [0.1, 0.15) is 30.1 Å². The van der Waals surface area contributed by atoms with Gasteiger partial charge in [-0.3, -0.25) is 4.79 Å². The van der Waals surface area contributed by atoms with Crippen LogP contribution < -0.4 is 4.90 Å². The quantitative estimate of drug-likeness (QED) is 0.847. The van der Waals surface area contributed by atoms with Gasteiger partial charge < -0.3 is 14.9 Å². The number of carbonyl (C=O) groups is 1. The van der Waals surface area contributed by atoms with Gasteiger partial charge in [0.25, 0.3) is 0 Å². The number of piperidine rings is 1. The maximum Gasteiger partial charge on any atom is 0.163 e. The van der Waals surface area contributed by atoms with Crippen LogP contribution in [0.4, 0.5) is 5.69 Å². The molecule has 1 aliphatic heterocycles. The van der Waals surface area contributed by atoms with Crippen LogP contribution in [0, 0.1) is 0 Å². The summed E-state index contributed by atoms with van der Waals surface area (Å²) in [5.41, 5.74) is 1.36.